The van der Waals surface area contributed by atoms with Crippen molar-refractivity contribution >= 4 is 49.2 Å². The van der Waals surface area contributed by atoms with Gasteiger partial charge < -0.3 is 20.7 Å². The van der Waals surface area contributed by atoms with Crippen LogP contribution in [0.25, 0.3) is 10.9 Å². The highest BCUT2D eigenvalue weighted by atomic mass is 32.2. The lowest BCUT2D eigenvalue weighted by Gasteiger charge is -2.50. The predicted octanol–water partition coefficient (Wildman–Crippen LogP) is 2.75. The predicted molar refractivity (Wildman–Crippen MR) is 137 cm³/mol. The molecule has 13 heteroatoms. The van der Waals surface area contributed by atoms with Crippen LogP contribution in [0.15, 0.2) is 24.5 Å². The van der Waals surface area contributed by atoms with Gasteiger partial charge in [-0.1, -0.05) is 17.8 Å². The quantitative estimate of drug-likeness (QED) is 0.366. The molecule has 4 N–H and O–H groups in total. The number of nitrogens with zero attached hydrogens (tertiary/aromatic N) is 5. The molecule has 6 heterocycles. The summed E-state index contributed by atoms with van der Waals surface area (Å²) in [4.78, 5) is 13.1. The van der Waals surface area contributed by atoms with E-state index in [2.05, 4.69) is 26.7 Å². The van der Waals surface area contributed by atoms with Crippen LogP contribution in [0, 0.1) is 17.2 Å². The summed E-state index contributed by atoms with van der Waals surface area (Å²) in [7, 11) is -3.56. The summed E-state index contributed by atoms with van der Waals surface area (Å²) >= 11 is 1.37. The Hall–Kier alpha value is -2.76. The SMILES string of the molecule is N#CC1CN(S(=O)(=O)N2[C@@H]3CCC[C@H]2C[C@H](Nc2nc(Nc4ncc(CO)s4)cc4[nH]ccc24)C3)C1. The van der Waals surface area contributed by atoms with E-state index in [1.807, 2.05) is 18.3 Å². The molecule has 3 aromatic heterocycles. The van der Waals surface area contributed by atoms with Crippen molar-refractivity contribution in [1.82, 2.24) is 23.6 Å². The standard InChI is InChI=1S/C23H28N8O3S2/c24-9-14-11-30(12-14)36(33,34)31-16-2-1-3-17(31)7-15(6-16)27-22-19-4-5-25-20(19)8-21(28-22)29-23-26-10-18(13-32)35-23/h4-5,8,10,14-17,25,32H,1-3,6-7,11-13H2,(H2,26,27,28,29)/t15-,16-,17+. The number of H-pyrrole nitrogens is 1. The number of pyridine rings is 1. The Bertz CT molecular complexity index is 1390. The van der Waals surface area contributed by atoms with Gasteiger partial charge in [0.2, 0.25) is 0 Å². The maximum Gasteiger partial charge on any atom is 0.282 e. The molecule has 3 aliphatic rings. The van der Waals surface area contributed by atoms with Gasteiger partial charge in [-0.2, -0.15) is 22.3 Å². The van der Waals surface area contributed by atoms with Crippen LogP contribution in [-0.2, 0) is 16.8 Å². The second-order valence-corrected chi connectivity index (χ2v) is 12.7. The molecule has 3 atom stereocenters. The molecule has 3 aromatic rings. The van der Waals surface area contributed by atoms with Gasteiger partial charge in [0.1, 0.15) is 11.6 Å². The van der Waals surface area contributed by atoms with Crippen LogP contribution in [0.2, 0.25) is 0 Å². The fraction of sp³-hybridized carbons (Fsp3) is 0.522. The third-order valence-electron chi connectivity index (χ3n) is 7.36. The first kappa shape index (κ1) is 23.6. The average molecular weight is 529 g/mol. The third kappa shape index (κ3) is 4.22. The number of thiazole rings is 1. The molecule has 11 nitrogen and oxygen atoms in total. The molecule has 3 saturated heterocycles. The van der Waals surface area contributed by atoms with Crippen molar-refractivity contribution in [2.75, 3.05) is 23.7 Å². The maximum absolute atomic E-state index is 13.4. The fourth-order valence-corrected chi connectivity index (χ4v) is 8.47. The molecule has 3 fully saturated rings. The Balaban J connectivity index is 1.21. The lowest BCUT2D eigenvalue weighted by molar-refractivity contribution is 0.0984. The highest BCUT2D eigenvalue weighted by Crippen LogP contribution is 2.40. The minimum Gasteiger partial charge on any atom is -0.391 e. The van der Waals surface area contributed by atoms with Crippen LogP contribution >= 0.6 is 11.3 Å². The van der Waals surface area contributed by atoms with Crippen LogP contribution < -0.4 is 10.6 Å². The van der Waals surface area contributed by atoms with E-state index in [0.29, 0.717) is 36.9 Å². The van der Waals surface area contributed by atoms with E-state index in [-0.39, 0.29) is 30.7 Å². The molecule has 36 heavy (non-hydrogen) atoms. The van der Waals surface area contributed by atoms with E-state index < -0.39 is 10.2 Å². The molecule has 0 aliphatic carbocycles. The Morgan fingerprint density at radius 2 is 2.06 bits per heavy atom. The number of aliphatic hydroxyl groups is 1. The zero-order valence-electron chi connectivity index (χ0n) is 19.6. The summed E-state index contributed by atoms with van der Waals surface area (Å²) in [6, 6.07) is 6.05. The van der Waals surface area contributed by atoms with E-state index in [9.17, 15) is 13.5 Å². The minimum absolute atomic E-state index is 0.0529. The number of aliphatic hydroxyl groups excluding tert-OH is 1. The highest BCUT2D eigenvalue weighted by molar-refractivity contribution is 7.86. The van der Waals surface area contributed by atoms with Crippen molar-refractivity contribution in [2.45, 2.75) is 56.8 Å². The van der Waals surface area contributed by atoms with Crippen molar-refractivity contribution in [2.24, 2.45) is 5.92 Å². The van der Waals surface area contributed by atoms with E-state index in [1.165, 1.54) is 15.6 Å². The van der Waals surface area contributed by atoms with Crippen LogP contribution in [-0.4, -0.2) is 68.3 Å². The van der Waals surface area contributed by atoms with Gasteiger partial charge in [-0.3, -0.25) is 0 Å². The maximum atomic E-state index is 13.4. The van der Waals surface area contributed by atoms with Gasteiger partial charge in [-0.15, -0.1) is 0 Å². The number of aromatic amines is 1. The lowest BCUT2D eigenvalue weighted by Crippen LogP contribution is -2.63. The second kappa shape index (κ2) is 9.28. The molecule has 6 rings (SSSR count). The number of hydrogen-bond donors (Lipinski definition) is 4. The molecule has 3 aliphatic heterocycles. The Kier molecular flexibility index (Phi) is 6.09. The topological polar surface area (TPSA) is 150 Å². The molecule has 0 amide bonds. The first-order chi connectivity index (χ1) is 17.4. The molecular weight excluding hydrogens is 500 g/mol. The Morgan fingerprint density at radius 3 is 2.75 bits per heavy atom. The van der Waals surface area contributed by atoms with Gasteiger partial charge in [0.05, 0.1) is 29.0 Å². The molecule has 2 bridgehead atoms. The molecule has 190 valence electrons. The monoisotopic (exact) mass is 528 g/mol. The lowest BCUT2D eigenvalue weighted by atomic mass is 9.84. The van der Waals surface area contributed by atoms with Crippen LogP contribution in [0.5, 0.6) is 0 Å². The van der Waals surface area contributed by atoms with Crippen molar-refractivity contribution in [3.63, 3.8) is 0 Å². The molecule has 0 spiro atoms. The third-order valence-corrected chi connectivity index (χ3v) is 10.3. The molecule has 0 saturated carbocycles. The van der Waals surface area contributed by atoms with Crippen molar-refractivity contribution < 1.29 is 13.5 Å². The number of aromatic nitrogens is 3. The van der Waals surface area contributed by atoms with Gasteiger partial charge in [0.25, 0.3) is 10.2 Å². The number of anilines is 3. The van der Waals surface area contributed by atoms with E-state index in [4.69, 9.17) is 10.2 Å². The highest BCUT2D eigenvalue weighted by Gasteiger charge is 2.49. The Morgan fingerprint density at radius 1 is 1.28 bits per heavy atom. The van der Waals surface area contributed by atoms with Gasteiger partial charge in [-0.25, -0.2) is 9.97 Å². The van der Waals surface area contributed by atoms with Crippen LogP contribution in [0.3, 0.4) is 0 Å². The molecule has 0 radical (unpaired) electrons. The van der Waals surface area contributed by atoms with Gasteiger partial charge in [0, 0.05) is 55.1 Å². The van der Waals surface area contributed by atoms with E-state index in [0.717, 1.165) is 40.9 Å². The minimum atomic E-state index is -3.56. The summed E-state index contributed by atoms with van der Waals surface area (Å²) in [5, 5.41) is 26.9. The van der Waals surface area contributed by atoms with E-state index in [1.54, 1.807) is 10.5 Å². The average Bonchev–Trinajstić information content (AvgIpc) is 3.47. The second-order valence-electron chi connectivity index (χ2n) is 9.74. The van der Waals surface area contributed by atoms with Crippen LogP contribution in [0.4, 0.5) is 16.8 Å². The first-order valence-corrected chi connectivity index (χ1v) is 14.4. The van der Waals surface area contributed by atoms with Gasteiger partial charge in [-0.05, 0) is 31.7 Å². The zero-order chi connectivity index (χ0) is 24.9. The fourth-order valence-electron chi connectivity index (χ4n) is 5.65. The molecular formula is C23H28N8O3S2. The number of nitrogens with one attached hydrogen (secondary N) is 3. The van der Waals surface area contributed by atoms with Crippen molar-refractivity contribution in [3.8, 4) is 6.07 Å². The van der Waals surface area contributed by atoms with Crippen molar-refractivity contribution in [3.05, 3.63) is 29.4 Å². The van der Waals surface area contributed by atoms with Gasteiger partial charge >= 0.3 is 0 Å². The summed E-state index contributed by atoms with van der Waals surface area (Å²) in [5.41, 5.74) is 0.930. The number of piperidine rings is 2. The molecule has 0 unspecified atom stereocenters. The number of rotatable bonds is 7. The normalized spacial score (nSPS) is 25.4. The van der Waals surface area contributed by atoms with Crippen LogP contribution in [0.1, 0.15) is 37.0 Å². The largest absolute Gasteiger partial charge is 0.391 e. The van der Waals surface area contributed by atoms with E-state index >= 15 is 0 Å². The zero-order valence-corrected chi connectivity index (χ0v) is 21.2. The Labute approximate surface area is 213 Å². The summed E-state index contributed by atoms with van der Waals surface area (Å²) < 4.78 is 29.9. The summed E-state index contributed by atoms with van der Waals surface area (Å²) in [6.45, 7) is 0.539. The summed E-state index contributed by atoms with van der Waals surface area (Å²) in [6.07, 6.45) is 7.65. The smallest absolute Gasteiger partial charge is 0.282 e. The number of nitriles is 1. The van der Waals surface area contributed by atoms with Gasteiger partial charge in [0.15, 0.2) is 5.13 Å². The first-order valence-electron chi connectivity index (χ1n) is 12.2. The number of hydrogen-bond acceptors (Lipinski definition) is 9. The number of fused-ring (bicyclic) bond motifs is 3. The molecule has 0 aromatic carbocycles. The van der Waals surface area contributed by atoms with Crippen molar-refractivity contribution in [1.29, 1.82) is 5.26 Å². The summed E-state index contributed by atoms with van der Waals surface area (Å²) in [5.74, 6) is 1.18.